The van der Waals surface area contributed by atoms with E-state index < -0.39 is 11.6 Å². The molecule has 0 saturated carbocycles. The van der Waals surface area contributed by atoms with Gasteiger partial charge in [-0.15, -0.1) is 5.70 Å². The van der Waals surface area contributed by atoms with Gasteiger partial charge in [0.15, 0.2) is 0 Å². The maximum absolute atomic E-state index is 5.27. The average Bonchev–Trinajstić information content (AvgIpc) is 3.65. The summed E-state index contributed by atoms with van der Waals surface area (Å²) in [7, 11) is 0. The minimum atomic E-state index is -0.505. The van der Waals surface area contributed by atoms with Crippen LogP contribution in [0.25, 0.3) is 44.4 Å². The predicted octanol–water partition coefficient (Wildman–Crippen LogP) is 15.1. The lowest BCUT2D eigenvalue weighted by Crippen LogP contribution is -2.36. The molecular weight excluding hydrogens is 751 g/mol. The van der Waals surface area contributed by atoms with Gasteiger partial charge in [-0.25, -0.2) is 0 Å². The second-order valence-electron chi connectivity index (χ2n) is 16.2. The van der Waals surface area contributed by atoms with Crippen LogP contribution in [0, 0.1) is 0 Å². The Kier molecular flexibility index (Phi) is 8.46. The number of anilines is 3. The first kappa shape index (κ1) is 35.9. The molecule has 0 amide bonds. The molecule has 0 fully saturated rings. The van der Waals surface area contributed by atoms with Gasteiger partial charge in [-0.3, -0.25) is 4.99 Å². The van der Waals surface area contributed by atoms with Gasteiger partial charge in [0.25, 0.3) is 0 Å². The van der Waals surface area contributed by atoms with Crippen molar-refractivity contribution in [1.82, 2.24) is 0 Å². The van der Waals surface area contributed by atoms with E-state index in [4.69, 9.17) is 10.3 Å². The van der Waals surface area contributed by atoms with Gasteiger partial charge in [-0.05, 0) is 103 Å². The number of fused-ring (bicyclic) bond motifs is 9. The molecule has 1 unspecified atom stereocenters. The maximum atomic E-state index is 5.27. The number of hydrogen-bond acceptors (Lipinski definition) is 2. The first-order chi connectivity index (χ1) is 30.8. The van der Waals surface area contributed by atoms with Gasteiger partial charge >= 0.3 is 0 Å². The van der Waals surface area contributed by atoms with E-state index in [9.17, 15) is 0 Å². The maximum Gasteiger partial charge on any atom is 0.0754 e. The molecular formula is C59H40N3-. The number of allylic oxidation sites excluding steroid dienone is 1. The van der Waals surface area contributed by atoms with Crippen molar-refractivity contribution in [2.45, 2.75) is 11.6 Å². The van der Waals surface area contributed by atoms with Crippen LogP contribution in [-0.4, -0.2) is 5.71 Å². The quantitative estimate of drug-likeness (QED) is 0.165. The fraction of sp³-hybridized carbons (Fsp3) is 0.0339. The van der Waals surface area contributed by atoms with Gasteiger partial charge in [-0.1, -0.05) is 206 Å². The zero-order chi connectivity index (χ0) is 41.0. The third-order valence-corrected chi connectivity index (χ3v) is 12.9. The highest BCUT2D eigenvalue weighted by Crippen LogP contribution is 2.63. The van der Waals surface area contributed by atoms with E-state index >= 15 is 0 Å². The lowest BCUT2D eigenvalue weighted by Gasteiger charge is -2.45. The minimum Gasteiger partial charge on any atom is -0.659 e. The van der Waals surface area contributed by atoms with Crippen molar-refractivity contribution in [3.05, 3.63) is 281 Å². The largest absolute Gasteiger partial charge is 0.659 e. The van der Waals surface area contributed by atoms with Crippen molar-refractivity contribution in [3.8, 4) is 33.4 Å². The number of rotatable bonds is 6. The second kappa shape index (κ2) is 14.6. The third kappa shape index (κ3) is 5.63. The van der Waals surface area contributed by atoms with Gasteiger partial charge in [-0.2, -0.15) is 0 Å². The summed E-state index contributed by atoms with van der Waals surface area (Å²) in [4.78, 5) is 7.70. The van der Waals surface area contributed by atoms with E-state index in [1.807, 2.05) is 12.1 Å². The van der Waals surface area contributed by atoms with Crippen LogP contribution in [0.4, 0.5) is 17.1 Å². The smallest absolute Gasteiger partial charge is 0.0754 e. The molecule has 9 aromatic rings. The summed E-state index contributed by atoms with van der Waals surface area (Å²) in [5.41, 5.74) is 20.5. The van der Waals surface area contributed by atoms with Gasteiger partial charge < -0.3 is 10.2 Å². The summed E-state index contributed by atoms with van der Waals surface area (Å²) in [5, 5.41) is 5.27. The fourth-order valence-corrected chi connectivity index (χ4v) is 10.1. The molecule has 0 radical (unpaired) electrons. The SMILES string of the molecule is C1=C(c2ccccc2)[N-]C(c2ccccc2-c2ccc(-c3ccc4c(c3)C3(c5ccccc5-4)c4ccccc4N(c4ccccc4)c4ccccc43)cc2)N=C1c1ccccc1. The molecule has 3 heteroatoms. The molecule has 292 valence electrons. The Bertz CT molecular complexity index is 3160. The summed E-state index contributed by atoms with van der Waals surface area (Å²) in [6.45, 7) is 0. The van der Waals surface area contributed by atoms with Crippen LogP contribution in [0.1, 0.15) is 45.1 Å². The zero-order valence-corrected chi connectivity index (χ0v) is 33.9. The van der Waals surface area contributed by atoms with Gasteiger partial charge in [0.1, 0.15) is 0 Å². The Morgan fingerprint density at radius 2 is 0.903 bits per heavy atom. The average molecular weight is 791 g/mol. The summed E-state index contributed by atoms with van der Waals surface area (Å²) < 4.78 is 0. The van der Waals surface area contributed by atoms with E-state index in [0.29, 0.717) is 0 Å². The van der Waals surface area contributed by atoms with Crippen LogP contribution in [0.15, 0.2) is 242 Å². The molecule has 1 spiro atoms. The van der Waals surface area contributed by atoms with E-state index in [1.54, 1.807) is 0 Å². The summed E-state index contributed by atoms with van der Waals surface area (Å²) in [6.07, 6.45) is 1.72. The Morgan fingerprint density at radius 3 is 1.60 bits per heavy atom. The number of para-hydroxylation sites is 3. The molecule has 12 rings (SSSR count). The molecule has 0 aromatic heterocycles. The molecule has 2 aliphatic heterocycles. The molecule has 3 aliphatic rings. The summed E-state index contributed by atoms with van der Waals surface area (Å²) in [5.74, 6) is 0. The van der Waals surface area contributed by atoms with E-state index in [0.717, 1.165) is 44.9 Å². The van der Waals surface area contributed by atoms with Crippen molar-refractivity contribution >= 4 is 28.5 Å². The van der Waals surface area contributed by atoms with Crippen LogP contribution in [-0.2, 0) is 5.41 Å². The predicted molar refractivity (Wildman–Crippen MR) is 256 cm³/mol. The van der Waals surface area contributed by atoms with Crippen molar-refractivity contribution in [2.75, 3.05) is 4.90 Å². The van der Waals surface area contributed by atoms with E-state index in [2.05, 4.69) is 229 Å². The normalized spacial score (nSPS) is 15.4. The van der Waals surface area contributed by atoms with Gasteiger partial charge in [0.05, 0.1) is 22.5 Å². The van der Waals surface area contributed by atoms with Crippen molar-refractivity contribution in [2.24, 2.45) is 4.99 Å². The molecule has 1 atom stereocenters. The van der Waals surface area contributed by atoms with Crippen LogP contribution < -0.4 is 4.90 Å². The zero-order valence-electron chi connectivity index (χ0n) is 33.9. The Labute approximate surface area is 362 Å². The van der Waals surface area contributed by atoms with Crippen LogP contribution in [0.3, 0.4) is 0 Å². The monoisotopic (exact) mass is 790 g/mol. The molecule has 62 heavy (non-hydrogen) atoms. The fourth-order valence-electron chi connectivity index (χ4n) is 10.1. The second-order valence-corrected chi connectivity index (χ2v) is 16.2. The van der Waals surface area contributed by atoms with Gasteiger partial charge in [0, 0.05) is 11.9 Å². The lowest BCUT2D eigenvalue weighted by molar-refractivity contribution is 0.753. The van der Waals surface area contributed by atoms with Crippen molar-refractivity contribution in [1.29, 1.82) is 0 Å². The molecule has 0 N–H and O–H groups in total. The first-order valence-corrected chi connectivity index (χ1v) is 21.4. The standard InChI is InChI=1S/C59H40N3/c1-4-18-42(19-5-1)54-39-55(43-20-6-2-7-21-43)61-58(60-54)49-26-11-10-24-46(49)41-34-32-40(33-35-41)44-36-37-48-47-25-12-13-27-50(47)59(53(48)38-44)51-28-14-16-30-56(51)62(45-22-8-3-9-23-45)57-31-17-15-29-52(57)59/h1-39,58H/q-1. The van der Waals surface area contributed by atoms with Crippen LogP contribution in [0.5, 0.6) is 0 Å². The highest BCUT2D eigenvalue weighted by atomic mass is 15.2. The van der Waals surface area contributed by atoms with E-state index in [1.165, 1.54) is 55.9 Å². The van der Waals surface area contributed by atoms with Crippen molar-refractivity contribution in [3.63, 3.8) is 0 Å². The Balaban J connectivity index is 0.960. The summed E-state index contributed by atoms with van der Waals surface area (Å²) in [6, 6.07) is 83.4. The minimum absolute atomic E-state index is 0.394. The van der Waals surface area contributed by atoms with Crippen LogP contribution >= 0.6 is 0 Å². The van der Waals surface area contributed by atoms with E-state index in [-0.39, 0.29) is 0 Å². The molecule has 0 bridgehead atoms. The number of hydrogen-bond donors (Lipinski definition) is 0. The van der Waals surface area contributed by atoms with Crippen LogP contribution in [0.2, 0.25) is 0 Å². The molecule has 3 nitrogen and oxygen atoms in total. The molecule has 2 heterocycles. The topological polar surface area (TPSA) is 29.7 Å². The molecule has 0 saturated heterocycles. The third-order valence-electron chi connectivity index (χ3n) is 12.9. The summed E-state index contributed by atoms with van der Waals surface area (Å²) >= 11 is 0. The lowest BCUT2D eigenvalue weighted by atomic mass is 9.64. The first-order valence-electron chi connectivity index (χ1n) is 21.4. The van der Waals surface area contributed by atoms with Crippen molar-refractivity contribution < 1.29 is 0 Å². The molecule has 9 aromatic carbocycles. The highest BCUT2D eigenvalue weighted by Gasteiger charge is 2.51. The molecule has 1 aliphatic carbocycles. The number of benzene rings is 9. The number of nitrogens with zero attached hydrogens (tertiary/aromatic N) is 3. The Morgan fingerprint density at radius 1 is 0.387 bits per heavy atom. The highest BCUT2D eigenvalue weighted by molar-refractivity contribution is 6.14. The number of aliphatic imine (C=N–C) groups is 1. The van der Waals surface area contributed by atoms with Gasteiger partial charge in [0.2, 0.25) is 0 Å². The Hall–Kier alpha value is -8.01.